The van der Waals surface area contributed by atoms with Crippen molar-refractivity contribution in [3.05, 3.63) is 17.9 Å². The highest BCUT2D eigenvalue weighted by atomic mass is 16.3. The third-order valence-electron chi connectivity index (χ3n) is 5.40. The minimum Gasteiger partial charge on any atom is -0.458 e. The topological polar surface area (TPSA) is 106 Å². The number of furan rings is 1. The van der Waals surface area contributed by atoms with Crippen molar-refractivity contribution in [2.24, 2.45) is 0 Å². The Hall–Kier alpha value is -2.71. The molecule has 9 nitrogen and oxygen atoms in total. The molecule has 0 bridgehead atoms. The van der Waals surface area contributed by atoms with Crippen LogP contribution in [0.4, 0.5) is 0 Å². The van der Waals surface area contributed by atoms with Crippen LogP contribution in [0.5, 0.6) is 0 Å². The summed E-state index contributed by atoms with van der Waals surface area (Å²) in [5, 5.41) is 15.4. The van der Waals surface area contributed by atoms with Crippen LogP contribution < -0.4 is 5.32 Å². The molecule has 2 heterocycles. The van der Waals surface area contributed by atoms with Crippen LogP contribution in [0.15, 0.2) is 16.5 Å². The monoisotopic (exact) mass is 430 g/mol. The van der Waals surface area contributed by atoms with Gasteiger partial charge in [0, 0.05) is 11.6 Å². The molecule has 170 valence electrons. The summed E-state index contributed by atoms with van der Waals surface area (Å²) in [6, 6.07) is 3.16. The molecule has 0 aliphatic heterocycles. The lowest BCUT2D eigenvalue weighted by molar-refractivity contribution is -0.145. The molecule has 3 rings (SSSR count). The Kier molecular flexibility index (Phi) is 7.12. The van der Waals surface area contributed by atoms with Gasteiger partial charge in [-0.05, 0) is 64.3 Å². The van der Waals surface area contributed by atoms with Gasteiger partial charge in [-0.1, -0.05) is 26.2 Å². The number of aromatic nitrogens is 4. The zero-order valence-corrected chi connectivity index (χ0v) is 19.2. The summed E-state index contributed by atoms with van der Waals surface area (Å²) >= 11 is 0. The molecule has 0 saturated heterocycles. The van der Waals surface area contributed by atoms with E-state index in [1.807, 2.05) is 40.7 Å². The van der Waals surface area contributed by atoms with Gasteiger partial charge in [0.05, 0.1) is 0 Å². The first kappa shape index (κ1) is 23.0. The normalized spacial score (nSPS) is 15.8. The highest BCUT2D eigenvalue weighted by molar-refractivity contribution is 5.88. The zero-order valence-electron chi connectivity index (χ0n) is 19.2. The van der Waals surface area contributed by atoms with Crippen molar-refractivity contribution in [2.75, 3.05) is 0 Å². The van der Waals surface area contributed by atoms with Crippen molar-refractivity contribution >= 4 is 11.8 Å². The maximum Gasteiger partial charge on any atom is 0.247 e. The molecule has 31 heavy (non-hydrogen) atoms. The van der Waals surface area contributed by atoms with E-state index in [4.69, 9.17) is 4.42 Å². The van der Waals surface area contributed by atoms with Crippen LogP contribution in [0, 0.1) is 6.92 Å². The van der Waals surface area contributed by atoms with E-state index in [0.29, 0.717) is 18.0 Å². The maximum absolute atomic E-state index is 13.4. The van der Waals surface area contributed by atoms with Gasteiger partial charge in [-0.2, -0.15) is 4.80 Å². The van der Waals surface area contributed by atoms with Crippen molar-refractivity contribution in [1.82, 2.24) is 30.4 Å². The first-order valence-corrected chi connectivity index (χ1v) is 11.2. The number of hydrogen-bond acceptors (Lipinski definition) is 6. The lowest BCUT2D eigenvalue weighted by Crippen LogP contribution is -2.57. The molecule has 1 N–H and O–H groups in total. The molecule has 2 aromatic rings. The van der Waals surface area contributed by atoms with E-state index in [1.54, 1.807) is 11.0 Å². The van der Waals surface area contributed by atoms with E-state index in [0.717, 1.165) is 37.9 Å². The lowest BCUT2D eigenvalue weighted by Gasteiger charge is -2.37. The molecule has 1 aliphatic rings. The number of carbonyl (C=O) groups is 2. The minimum absolute atomic E-state index is 0.0606. The zero-order chi connectivity index (χ0) is 22.6. The molecule has 0 aromatic carbocycles. The van der Waals surface area contributed by atoms with Gasteiger partial charge in [0.25, 0.3) is 0 Å². The average Bonchev–Trinajstić information content (AvgIpc) is 3.42. The fourth-order valence-corrected chi connectivity index (χ4v) is 4.10. The summed E-state index contributed by atoms with van der Waals surface area (Å²) < 4.78 is 5.54. The standard InChI is InChI=1S/C22H34N6O3/c1-6-9-17(21(30)23-22(3,4)5)28(16-10-7-8-11-16)19(29)14-27-25-20(24-26-27)18-13-12-15(2)31-18/h12-13,16-17H,6-11,14H2,1-5H3,(H,23,30)/t17-/m0/s1. The van der Waals surface area contributed by atoms with Crippen LogP contribution in [-0.2, 0) is 16.1 Å². The number of amides is 2. The van der Waals surface area contributed by atoms with E-state index in [9.17, 15) is 9.59 Å². The number of aryl methyl sites for hydroxylation is 1. The molecule has 0 radical (unpaired) electrons. The van der Waals surface area contributed by atoms with Crippen LogP contribution >= 0.6 is 0 Å². The predicted octanol–water partition coefficient (Wildman–Crippen LogP) is 3.10. The summed E-state index contributed by atoms with van der Waals surface area (Å²) in [6.45, 7) is 9.66. The van der Waals surface area contributed by atoms with E-state index in [-0.39, 0.29) is 29.9 Å². The van der Waals surface area contributed by atoms with Gasteiger partial charge in [-0.25, -0.2) is 0 Å². The number of tetrazole rings is 1. The van der Waals surface area contributed by atoms with E-state index < -0.39 is 6.04 Å². The molecule has 2 aromatic heterocycles. The molecule has 2 amide bonds. The third-order valence-corrected chi connectivity index (χ3v) is 5.40. The Morgan fingerprint density at radius 3 is 2.58 bits per heavy atom. The summed E-state index contributed by atoms with van der Waals surface area (Å²) in [7, 11) is 0. The van der Waals surface area contributed by atoms with Gasteiger partial charge in [-0.15, -0.1) is 10.2 Å². The predicted molar refractivity (Wildman–Crippen MR) is 116 cm³/mol. The van der Waals surface area contributed by atoms with E-state index in [1.165, 1.54) is 4.80 Å². The van der Waals surface area contributed by atoms with E-state index >= 15 is 0 Å². The molecular weight excluding hydrogens is 396 g/mol. The van der Waals surface area contributed by atoms with Crippen LogP contribution in [-0.4, -0.2) is 54.5 Å². The average molecular weight is 431 g/mol. The molecule has 1 atom stereocenters. The van der Waals surface area contributed by atoms with Gasteiger partial charge in [0.15, 0.2) is 5.76 Å². The Bertz CT molecular complexity index is 891. The molecular formula is C22H34N6O3. The third kappa shape index (κ3) is 5.92. The second-order valence-corrected chi connectivity index (χ2v) is 9.34. The summed E-state index contributed by atoms with van der Waals surface area (Å²) in [5.74, 6) is 1.34. The number of nitrogens with zero attached hydrogens (tertiary/aromatic N) is 5. The first-order chi connectivity index (χ1) is 14.7. The summed E-state index contributed by atoms with van der Waals surface area (Å²) in [5.41, 5.74) is -0.364. The van der Waals surface area contributed by atoms with Crippen LogP contribution in [0.3, 0.4) is 0 Å². The van der Waals surface area contributed by atoms with Crippen molar-refractivity contribution in [2.45, 2.75) is 97.3 Å². The summed E-state index contributed by atoms with van der Waals surface area (Å²) in [6.07, 6.45) is 5.39. The maximum atomic E-state index is 13.4. The van der Waals surface area contributed by atoms with Crippen molar-refractivity contribution in [1.29, 1.82) is 0 Å². The van der Waals surface area contributed by atoms with Crippen LogP contribution in [0.1, 0.15) is 72.0 Å². The smallest absolute Gasteiger partial charge is 0.247 e. The molecule has 1 aliphatic carbocycles. The molecule has 0 spiro atoms. The highest BCUT2D eigenvalue weighted by Crippen LogP contribution is 2.27. The first-order valence-electron chi connectivity index (χ1n) is 11.2. The second-order valence-electron chi connectivity index (χ2n) is 9.34. The largest absolute Gasteiger partial charge is 0.458 e. The Morgan fingerprint density at radius 2 is 2.00 bits per heavy atom. The van der Waals surface area contributed by atoms with Crippen LogP contribution in [0.25, 0.3) is 11.6 Å². The SMILES string of the molecule is CCC[C@@H](C(=O)NC(C)(C)C)N(C(=O)Cn1nnc(-c2ccc(C)o2)n1)C1CCCC1. The minimum atomic E-state index is -0.504. The lowest BCUT2D eigenvalue weighted by atomic mass is 10.0. The van der Waals surface area contributed by atoms with Gasteiger partial charge < -0.3 is 14.6 Å². The molecule has 0 unspecified atom stereocenters. The fourth-order valence-electron chi connectivity index (χ4n) is 4.10. The fraction of sp³-hybridized carbons (Fsp3) is 0.682. The van der Waals surface area contributed by atoms with E-state index in [2.05, 4.69) is 20.7 Å². The van der Waals surface area contributed by atoms with Gasteiger partial charge >= 0.3 is 0 Å². The highest BCUT2D eigenvalue weighted by Gasteiger charge is 2.37. The molecule has 1 fully saturated rings. The Morgan fingerprint density at radius 1 is 1.29 bits per heavy atom. The summed E-state index contributed by atoms with van der Waals surface area (Å²) in [4.78, 5) is 29.6. The number of carbonyl (C=O) groups excluding carboxylic acids is 2. The second kappa shape index (κ2) is 9.62. The number of rotatable bonds is 8. The van der Waals surface area contributed by atoms with Crippen molar-refractivity contribution in [3.63, 3.8) is 0 Å². The molecule has 1 saturated carbocycles. The number of nitrogens with one attached hydrogen (secondary N) is 1. The van der Waals surface area contributed by atoms with Gasteiger partial charge in [-0.3, -0.25) is 9.59 Å². The van der Waals surface area contributed by atoms with Gasteiger partial charge in [0.2, 0.25) is 17.6 Å². The number of hydrogen-bond donors (Lipinski definition) is 1. The quantitative estimate of drug-likeness (QED) is 0.690. The van der Waals surface area contributed by atoms with Crippen molar-refractivity contribution < 1.29 is 14.0 Å². The Balaban J connectivity index is 1.81. The van der Waals surface area contributed by atoms with Crippen LogP contribution in [0.2, 0.25) is 0 Å². The van der Waals surface area contributed by atoms with Gasteiger partial charge in [0.1, 0.15) is 18.3 Å². The Labute approximate surface area is 183 Å². The molecule has 9 heteroatoms. The van der Waals surface area contributed by atoms with Crippen molar-refractivity contribution in [3.8, 4) is 11.6 Å².